The lowest BCUT2D eigenvalue weighted by Gasteiger charge is -2.32. The van der Waals surface area contributed by atoms with E-state index in [4.69, 9.17) is 23.2 Å². The molecule has 1 unspecified atom stereocenters. The van der Waals surface area contributed by atoms with E-state index >= 15 is 0 Å². The zero-order valence-electron chi connectivity index (χ0n) is 13.8. The topological polar surface area (TPSA) is 76.0 Å². The van der Waals surface area contributed by atoms with E-state index in [-0.39, 0.29) is 18.2 Å². The van der Waals surface area contributed by atoms with Crippen molar-refractivity contribution < 1.29 is 9.59 Å². The monoisotopic (exact) mass is 398 g/mol. The number of benzene rings is 2. The standard InChI is InChI=1S/C19H12Cl2N4O2/c20-10-3-1-4-11(7-10)25-17-12(9-22-25)19(8-15(26)24-17)16-13(21)5-2-6-14(16)23-18(19)27/h1-7,9H,8H2,(H,23,27)(H,24,26). The molecule has 134 valence electrons. The summed E-state index contributed by atoms with van der Waals surface area (Å²) in [5, 5.41) is 11.1. The van der Waals surface area contributed by atoms with Gasteiger partial charge in [0.25, 0.3) is 0 Å². The summed E-state index contributed by atoms with van der Waals surface area (Å²) in [5.41, 5.74) is 1.30. The van der Waals surface area contributed by atoms with Crippen LogP contribution in [0, 0.1) is 0 Å². The zero-order chi connectivity index (χ0) is 18.8. The molecule has 0 aliphatic carbocycles. The minimum absolute atomic E-state index is 0.0379. The maximum Gasteiger partial charge on any atom is 0.240 e. The van der Waals surface area contributed by atoms with Crippen LogP contribution in [-0.2, 0) is 15.0 Å². The Kier molecular flexibility index (Phi) is 3.38. The molecule has 0 saturated carbocycles. The molecule has 3 heterocycles. The van der Waals surface area contributed by atoms with Gasteiger partial charge in [0, 0.05) is 33.3 Å². The number of fused-ring (bicyclic) bond motifs is 4. The van der Waals surface area contributed by atoms with Crippen LogP contribution in [0.25, 0.3) is 5.69 Å². The second-order valence-electron chi connectivity index (χ2n) is 6.55. The van der Waals surface area contributed by atoms with Gasteiger partial charge in [-0.05, 0) is 30.3 Å². The van der Waals surface area contributed by atoms with Gasteiger partial charge >= 0.3 is 0 Å². The third-order valence-corrected chi connectivity index (χ3v) is 5.59. The number of carbonyl (C=O) groups excluding carboxylic acids is 2. The molecule has 0 saturated heterocycles. The number of amides is 2. The van der Waals surface area contributed by atoms with E-state index in [1.165, 1.54) is 0 Å². The van der Waals surface area contributed by atoms with Gasteiger partial charge in [-0.15, -0.1) is 0 Å². The number of halogens is 2. The molecule has 2 N–H and O–H groups in total. The number of carbonyl (C=O) groups is 2. The van der Waals surface area contributed by atoms with Gasteiger partial charge in [-0.1, -0.05) is 35.3 Å². The van der Waals surface area contributed by atoms with Gasteiger partial charge in [0.05, 0.1) is 11.9 Å². The number of nitrogens with zero attached hydrogens (tertiary/aromatic N) is 2. The molecule has 2 aliphatic heterocycles. The third kappa shape index (κ3) is 2.17. The average Bonchev–Trinajstić information content (AvgIpc) is 3.16. The van der Waals surface area contributed by atoms with Crippen LogP contribution in [0.5, 0.6) is 0 Å². The minimum atomic E-state index is -1.21. The fourth-order valence-corrected chi connectivity index (χ4v) is 4.45. The van der Waals surface area contributed by atoms with E-state index in [0.717, 1.165) is 0 Å². The normalized spacial score (nSPS) is 20.2. The summed E-state index contributed by atoms with van der Waals surface area (Å²) in [4.78, 5) is 25.7. The van der Waals surface area contributed by atoms with Gasteiger partial charge in [-0.25, -0.2) is 4.68 Å². The molecular formula is C19H12Cl2N4O2. The van der Waals surface area contributed by atoms with E-state index in [0.29, 0.717) is 38.4 Å². The average molecular weight is 399 g/mol. The van der Waals surface area contributed by atoms with E-state index < -0.39 is 5.41 Å². The lowest BCUT2D eigenvalue weighted by molar-refractivity contribution is -0.125. The Bertz CT molecular complexity index is 1140. The van der Waals surface area contributed by atoms with Gasteiger partial charge in [-0.3, -0.25) is 9.59 Å². The molecule has 27 heavy (non-hydrogen) atoms. The maximum atomic E-state index is 13.1. The van der Waals surface area contributed by atoms with Crippen molar-refractivity contribution in [3.8, 4) is 5.69 Å². The Labute approximate surface area is 164 Å². The largest absolute Gasteiger partial charge is 0.325 e. The SMILES string of the molecule is O=C1CC2(C(=O)Nc3cccc(Cl)c32)c2cnn(-c3cccc(Cl)c3)c2N1. The Balaban J connectivity index is 1.79. The molecule has 1 spiro atoms. The predicted octanol–water partition coefficient (Wildman–Crippen LogP) is 3.76. The van der Waals surface area contributed by atoms with Crippen molar-refractivity contribution in [3.05, 3.63) is 69.8 Å². The molecule has 0 radical (unpaired) electrons. The predicted molar refractivity (Wildman–Crippen MR) is 103 cm³/mol. The maximum absolute atomic E-state index is 13.1. The van der Waals surface area contributed by atoms with Crippen LogP contribution in [0.4, 0.5) is 11.5 Å². The number of aromatic nitrogens is 2. The minimum Gasteiger partial charge on any atom is -0.325 e. The summed E-state index contributed by atoms with van der Waals surface area (Å²) in [7, 11) is 0. The zero-order valence-corrected chi connectivity index (χ0v) is 15.3. The highest BCUT2D eigenvalue weighted by Crippen LogP contribution is 2.52. The highest BCUT2D eigenvalue weighted by atomic mass is 35.5. The van der Waals surface area contributed by atoms with E-state index in [1.54, 1.807) is 47.3 Å². The molecule has 3 aromatic rings. The number of anilines is 2. The molecule has 8 heteroatoms. The molecule has 5 rings (SSSR count). The van der Waals surface area contributed by atoms with Crippen molar-refractivity contribution in [2.24, 2.45) is 0 Å². The smallest absolute Gasteiger partial charge is 0.240 e. The second kappa shape index (κ2) is 5.58. The van der Waals surface area contributed by atoms with Gasteiger partial charge in [0.1, 0.15) is 11.2 Å². The molecule has 6 nitrogen and oxygen atoms in total. The molecule has 0 bridgehead atoms. The van der Waals surface area contributed by atoms with Crippen LogP contribution in [-0.4, -0.2) is 21.6 Å². The number of hydrogen-bond acceptors (Lipinski definition) is 3. The first-order valence-electron chi connectivity index (χ1n) is 8.25. The molecule has 1 atom stereocenters. The number of rotatable bonds is 1. The fraction of sp³-hybridized carbons (Fsp3) is 0.105. The first kappa shape index (κ1) is 16.4. The summed E-state index contributed by atoms with van der Waals surface area (Å²) in [6.45, 7) is 0. The summed E-state index contributed by atoms with van der Waals surface area (Å²) in [6.07, 6.45) is 1.57. The van der Waals surface area contributed by atoms with Gasteiger partial charge < -0.3 is 10.6 Å². The van der Waals surface area contributed by atoms with Crippen molar-refractivity contribution in [3.63, 3.8) is 0 Å². The molecular weight excluding hydrogens is 387 g/mol. The van der Waals surface area contributed by atoms with Crippen molar-refractivity contribution in [1.82, 2.24) is 9.78 Å². The Morgan fingerprint density at radius 1 is 1.07 bits per heavy atom. The molecule has 2 aromatic carbocycles. The summed E-state index contributed by atoms with van der Waals surface area (Å²) < 4.78 is 1.57. The van der Waals surface area contributed by atoms with Crippen LogP contribution in [0.1, 0.15) is 17.5 Å². The summed E-state index contributed by atoms with van der Waals surface area (Å²) in [5.74, 6) is -0.127. The first-order chi connectivity index (χ1) is 13.0. The third-order valence-electron chi connectivity index (χ3n) is 5.04. The van der Waals surface area contributed by atoms with Crippen LogP contribution in [0.15, 0.2) is 48.7 Å². The van der Waals surface area contributed by atoms with Gasteiger partial charge in [0.15, 0.2) is 0 Å². The van der Waals surface area contributed by atoms with Crippen molar-refractivity contribution in [1.29, 1.82) is 0 Å². The van der Waals surface area contributed by atoms with Crippen molar-refractivity contribution >= 4 is 46.5 Å². The van der Waals surface area contributed by atoms with Crippen LogP contribution in [0.3, 0.4) is 0 Å². The first-order valence-corrected chi connectivity index (χ1v) is 9.01. The van der Waals surface area contributed by atoms with E-state index in [1.807, 2.05) is 6.07 Å². The molecule has 2 amide bonds. The Hall–Kier alpha value is -2.83. The van der Waals surface area contributed by atoms with Gasteiger partial charge in [-0.2, -0.15) is 5.10 Å². The van der Waals surface area contributed by atoms with Gasteiger partial charge in [0.2, 0.25) is 11.8 Å². The lowest BCUT2D eigenvalue weighted by Crippen LogP contribution is -2.43. The Morgan fingerprint density at radius 3 is 2.70 bits per heavy atom. The van der Waals surface area contributed by atoms with E-state index in [9.17, 15) is 9.59 Å². The summed E-state index contributed by atoms with van der Waals surface area (Å²) in [6, 6.07) is 12.4. The van der Waals surface area contributed by atoms with Crippen LogP contribution < -0.4 is 10.6 Å². The van der Waals surface area contributed by atoms with E-state index in [2.05, 4.69) is 15.7 Å². The highest BCUT2D eigenvalue weighted by Gasteiger charge is 2.55. The molecule has 2 aliphatic rings. The van der Waals surface area contributed by atoms with Crippen molar-refractivity contribution in [2.75, 3.05) is 10.6 Å². The van der Waals surface area contributed by atoms with Crippen molar-refractivity contribution in [2.45, 2.75) is 11.8 Å². The number of nitrogens with one attached hydrogen (secondary N) is 2. The summed E-state index contributed by atoms with van der Waals surface area (Å²) >= 11 is 12.5. The van der Waals surface area contributed by atoms with Crippen LogP contribution in [0.2, 0.25) is 10.0 Å². The Morgan fingerprint density at radius 2 is 1.89 bits per heavy atom. The second-order valence-corrected chi connectivity index (χ2v) is 7.39. The molecule has 1 aromatic heterocycles. The molecule has 0 fully saturated rings. The number of hydrogen-bond donors (Lipinski definition) is 2. The lowest BCUT2D eigenvalue weighted by atomic mass is 9.72. The quantitative estimate of drug-likeness (QED) is 0.654. The van der Waals surface area contributed by atoms with Crippen LogP contribution >= 0.6 is 23.2 Å². The highest BCUT2D eigenvalue weighted by molar-refractivity contribution is 6.33. The fourth-order valence-electron chi connectivity index (χ4n) is 3.93.